The van der Waals surface area contributed by atoms with E-state index in [0.717, 1.165) is 36.4 Å². The molecule has 4 nitrogen and oxygen atoms in total. The lowest BCUT2D eigenvalue weighted by molar-refractivity contribution is 0.680. The second-order valence-electron chi connectivity index (χ2n) is 3.55. The molecule has 0 saturated carbocycles. The van der Waals surface area contributed by atoms with Gasteiger partial charge in [0.2, 0.25) is 0 Å². The van der Waals surface area contributed by atoms with E-state index in [2.05, 4.69) is 26.8 Å². The molecule has 4 heteroatoms. The van der Waals surface area contributed by atoms with E-state index < -0.39 is 0 Å². The molecule has 0 amide bonds. The summed E-state index contributed by atoms with van der Waals surface area (Å²) in [5, 5.41) is 3.30. The van der Waals surface area contributed by atoms with Gasteiger partial charge in [0.25, 0.3) is 0 Å². The maximum atomic E-state index is 4.57. The average molecular weight is 204 g/mol. The molecule has 0 atom stereocenters. The van der Waals surface area contributed by atoms with Crippen LogP contribution in [0.2, 0.25) is 0 Å². The summed E-state index contributed by atoms with van der Waals surface area (Å²) in [7, 11) is 2.04. The van der Waals surface area contributed by atoms with E-state index in [4.69, 9.17) is 0 Å². The molecule has 0 radical (unpaired) electrons. The van der Waals surface area contributed by atoms with Crippen molar-refractivity contribution in [2.24, 2.45) is 7.05 Å². The molecule has 0 fully saturated rings. The molecule has 0 aliphatic heterocycles. The van der Waals surface area contributed by atoms with Crippen molar-refractivity contribution in [1.29, 1.82) is 0 Å². The fourth-order valence-electron chi connectivity index (χ4n) is 1.69. The van der Waals surface area contributed by atoms with Gasteiger partial charge in [0, 0.05) is 26.2 Å². The molecule has 1 N–H and O–H groups in total. The number of hydrogen-bond donors (Lipinski definition) is 1. The van der Waals surface area contributed by atoms with E-state index in [9.17, 15) is 0 Å². The summed E-state index contributed by atoms with van der Waals surface area (Å²) in [4.78, 5) is 8.67. The highest BCUT2D eigenvalue weighted by Gasteiger charge is 2.06. The molecule has 0 spiro atoms. The van der Waals surface area contributed by atoms with Gasteiger partial charge in [-0.1, -0.05) is 6.92 Å². The third-order valence-electron chi connectivity index (χ3n) is 2.55. The van der Waals surface area contributed by atoms with Crippen molar-refractivity contribution in [1.82, 2.24) is 19.9 Å². The molecule has 0 bridgehead atoms. The van der Waals surface area contributed by atoms with Crippen LogP contribution in [0.15, 0.2) is 18.5 Å². The van der Waals surface area contributed by atoms with Crippen molar-refractivity contribution >= 4 is 11.0 Å². The van der Waals surface area contributed by atoms with Crippen molar-refractivity contribution in [2.75, 3.05) is 13.1 Å². The quantitative estimate of drug-likeness (QED) is 0.759. The number of likely N-dealkylation sites (N-methyl/N-ethyl adjacent to an activating group) is 1. The fraction of sp³-hybridized carbons (Fsp3) is 0.455. The Morgan fingerprint density at radius 1 is 1.47 bits per heavy atom. The first-order chi connectivity index (χ1) is 7.33. The molecule has 2 rings (SSSR count). The van der Waals surface area contributed by atoms with E-state index in [1.807, 2.05) is 19.3 Å². The number of nitrogens with one attached hydrogen (secondary N) is 1. The summed E-state index contributed by atoms with van der Waals surface area (Å²) in [6, 6.07) is 1.95. The Kier molecular flexibility index (Phi) is 2.97. The Morgan fingerprint density at radius 2 is 2.33 bits per heavy atom. The van der Waals surface area contributed by atoms with E-state index in [-0.39, 0.29) is 0 Å². The monoisotopic (exact) mass is 204 g/mol. The Bertz CT molecular complexity index is 447. The highest BCUT2D eigenvalue weighted by molar-refractivity contribution is 5.74. The van der Waals surface area contributed by atoms with Crippen molar-refractivity contribution in [2.45, 2.75) is 13.3 Å². The average Bonchev–Trinajstić information content (AvgIpc) is 2.57. The third kappa shape index (κ3) is 1.99. The van der Waals surface area contributed by atoms with Crippen LogP contribution in [0.3, 0.4) is 0 Å². The molecule has 0 aliphatic carbocycles. The zero-order valence-corrected chi connectivity index (χ0v) is 9.20. The van der Waals surface area contributed by atoms with Gasteiger partial charge in [-0.05, 0) is 12.6 Å². The minimum atomic E-state index is 0.957. The van der Waals surface area contributed by atoms with Crippen molar-refractivity contribution in [3.8, 4) is 0 Å². The second kappa shape index (κ2) is 4.40. The van der Waals surface area contributed by atoms with Gasteiger partial charge < -0.3 is 9.88 Å². The van der Waals surface area contributed by atoms with Gasteiger partial charge in [-0.2, -0.15) is 0 Å². The summed E-state index contributed by atoms with van der Waals surface area (Å²) in [6.07, 6.45) is 4.60. The van der Waals surface area contributed by atoms with E-state index in [1.54, 1.807) is 6.20 Å². The predicted molar refractivity (Wildman–Crippen MR) is 60.8 cm³/mol. The molecule has 2 aromatic heterocycles. The van der Waals surface area contributed by atoms with E-state index in [1.165, 1.54) is 0 Å². The number of rotatable bonds is 4. The Balaban J connectivity index is 2.24. The van der Waals surface area contributed by atoms with Crippen molar-refractivity contribution in [3.05, 3.63) is 24.3 Å². The van der Waals surface area contributed by atoms with Gasteiger partial charge >= 0.3 is 0 Å². The standard InChI is InChI=1S/C11H16N4/c1-3-12-7-5-11-14-9-4-6-13-8-10(9)15(11)2/h4,6,8,12H,3,5,7H2,1-2H3. The first kappa shape index (κ1) is 10.1. The van der Waals surface area contributed by atoms with Gasteiger partial charge in [-0.15, -0.1) is 0 Å². The Labute approximate surface area is 89.3 Å². The Hall–Kier alpha value is -1.42. The summed E-state index contributed by atoms with van der Waals surface area (Å²) in [5.74, 6) is 1.11. The molecule has 0 saturated heterocycles. The molecule has 0 aromatic carbocycles. The van der Waals surface area contributed by atoms with Gasteiger partial charge in [-0.25, -0.2) is 4.98 Å². The van der Waals surface area contributed by atoms with Crippen LogP contribution in [-0.2, 0) is 13.5 Å². The van der Waals surface area contributed by atoms with Gasteiger partial charge in [0.15, 0.2) is 0 Å². The van der Waals surface area contributed by atoms with Crippen molar-refractivity contribution < 1.29 is 0 Å². The minimum Gasteiger partial charge on any atom is -0.330 e. The molecule has 2 heterocycles. The van der Waals surface area contributed by atoms with Crippen LogP contribution in [0, 0.1) is 0 Å². The van der Waals surface area contributed by atoms with Crippen LogP contribution in [0.1, 0.15) is 12.7 Å². The maximum Gasteiger partial charge on any atom is 0.110 e. The molecule has 0 aliphatic rings. The van der Waals surface area contributed by atoms with Gasteiger partial charge in [0.1, 0.15) is 5.82 Å². The molecule has 80 valence electrons. The van der Waals surface area contributed by atoms with Crippen LogP contribution >= 0.6 is 0 Å². The number of hydrogen-bond acceptors (Lipinski definition) is 3. The molecule has 0 unspecified atom stereocenters. The lowest BCUT2D eigenvalue weighted by Crippen LogP contribution is -2.17. The van der Waals surface area contributed by atoms with E-state index >= 15 is 0 Å². The zero-order valence-electron chi connectivity index (χ0n) is 9.20. The molecular weight excluding hydrogens is 188 g/mol. The summed E-state index contributed by atoms with van der Waals surface area (Å²) in [5.41, 5.74) is 2.13. The first-order valence-electron chi connectivity index (χ1n) is 5.29. The fourth-order valence-corrected chi connectivity index (χ4v) is 1.69. The molecule has 2 aromatic rings. The third-order valence-corrected chi connectivity index (χ3v) is 2.55. The summed E-state index contributed by atoms with van der Waals surface area (Å²) < 4.78 is 2.11. The maximum absolute atomic E-state index is 4.57. The smallest absolute Gasteiger partial charge is 0.110 e. The number of aryl methyl sites for hydroxylation is 1. The minimum absolute atomic E-state index is 0.957. The number of fused-ring (bicyclic) bond motifs is 1. The number of imidazole rings is 1. The first-order valence-corrected chi connectivity index (χ1v) is 5.29. The van der Waals surface area contributed by atoms with Crippen LogP contribution in [0.25, 0.3) is 11.0 Å². The van der Waals surface area contributed by atoms with Crippen LogP contribution in [0.4, 0.5) is 0 Å². The molecular formula is C11H16N4. The largest absolute Gasteiger partial charge is 0.330 e. The lowest BCUT2D eigenvalue weighted by atomic mass is 10.4. The second-order valence-corrected chi connectivity index (χ2v) is 3.55. The number of aromatic nitrogens is 3. The van der Waals surface area contributed by atoms with E-state index in [0.29, 0.717) is 0 Å². The summed E-state index contributed by atoms with van der Waals surface area (Å²) in [6.45, 7) is 4.09. The van der Waals surface area contributed by atoms with Gasteiger partial charge in [-0.3, -0.25) is 4.98 Å². The summed E-state index contributed by atoms with van der Waals surface area (Å²) >= 11 is 0. The SMILES string of the molecule is CCNCCc1nc2ccncc2n1C. The van der Waals surface area contributed by atoms with Crippen LogP contribution in [-0.4, -0.2) is 27.6 Å². The van der Waals surface area contributed by atoms with Crippen LogP contribution in [0.5, 0.6) is 0 Å². The van der Waals surface area contributed by atoms with Crippen molar-refractivity contribution in [3.63, 3.8) is 0 Å². The number of pyridine rings is 1. The highest BCUT2D eigenvalue weighted by atomic mass is 15.1. The van der Waals surface area contributed by atoms with Gasteiger partial charge in [0.05, 0.1) is 17.2 Å². The normalized spacial score (nSPS) is 11.1. The number of nitrogens with zero attached hydrogens (tertiary/aromatic N) is 3. The highest BCUT2D eigenvalue weighted by Crippen LogP contribution is 2.12. The zero-order chi connectivity index (χ0) is 10.7. The van der Waals surface area contributed by atoms with Crippen LogP contribution < -0.4 is 5.32 Å². The molecule has 15 heavy (non-hydrogen) atoms. The predicted octanol–water partition coefficient (Wildman–Crippen LogP) is 1.12. The lowest BCUT2D eigenvalue weighted by Gasteiger charge is -2.02. The Morgan fingerprint density at radius 3 is 3.07 bits per heavy atom. The topological polar surface area (TPSA) is 42.7 Å².